The summed E-state index contributed by atoms with van der Waals surface area (Å²) in [5, 5.41) is 10.4. The van der Waals surface area contributed by atoms with Gasteiger partial charge in [0, 0.05) is 0 Å². The number of aliphatic hydroxyl groups is 1. The smallest absolute Gasteiger partial charge is 0.0718 e. The summed E-state index contributed by atoms with van der Waals surface area (Å²) in [6.07, 6.45) is 1.05. The maximum Gasteiger partial charge on any atom is 0.0718 e. The summed E-state index contributed by atoms with van der Waals surface area (Å²) in [4.78, 5) is 0. The molecular formula is C11H24O. The fraction of sp³-hybridized carbons (Fsp3) is 1.00. The summed E-state index contributed by atoms with van der Waals surface area (Å²) in [6, 6.07) is 0. The number of hydrogen-bond donors (Lipinski definition) is 1. The third kappa shape index (κ3) is 2.01. The van der Waals surface area contributed by atoms with Gasteiger partial charge in [0.25, 0.3) is 0 Å². The standard InChI is InChI=1S/C11H24O/c1-7-10(6)11(12,8(2)3)9(4)5/h8-10,12H,7H2,1-6H3/t10-/m0/s1. The second kappa shape index (κ2) is 4.27. The van der Waals surface area contributed by atoms with Crippen LogP contribution in [0.4, 0.5) is 0 Å². The van der Waals surface area contributed by atoms with Gasteiger partial charge < -0.3 is 5.11 Å². The van der Waals surface area contributed by atoms with E-state index in [1.807, 2.05) is 0 Å². The number of hydrogen-bond acceptors (Lipinski definition) is 1. The Labute approximate surface area is 77.2 Å². The lowest BCUT2D eigenvalue weighted by atomic mass is 9.71. The predicted molar refractivity (Wildman–Crippen MR) is 54.1 cm³/mol. The van der Waals surface area contributed by atoms with Crippen LogP contribution >= 0.6 is 0 Å². The predicted octanol–water partition coefficient (Wildman–Crippen LogP) is 3.08. The van der Waals surface area contributed by atoms with Crippen LogP contribution in [0.2, 0.25) is 0 Å². The molecule has 1 heteroatoms. The van der Waals surface area contributed by atoms with Gasteiger partial charge in [-0.1, -0.05) is 48.0 Å². The van der Waals surface area contributed by atoms with Gasteiger partial charge in [0.15, 0.2) is 0 Å². The summed E-state index contributed by atoms with van der Waals surface area (Å²) in [5.41, 5.74) is -0.491. The molecule has 0 aliphatic heterocycles. The van der Waals surface area contributed by atoms with Crippen molar-refractivity contribution in [3.63, 3.8) is 0 Å². The molecule has 0 bridgehead atoms. The van der Waals surface area contributed by atoms with Crippen LogP contribution in [0.3, 0.4) is 0 Å². The molecule has 0 saturated heterocycles. The molecule has 0 unspecified atom stereocenters. The quantitative estimate of drug-likeness (QED) is 0.691. The van der Waals surface area contributed by atoms with E-state index in [0.29, 0.717) is 17.8 Å². The third-order valence-electron chi connectivity index (χ3n) is 3.25. The topological polar surface area (TPSA) is 20.2 Å². The Kier molecular flexibility index (Phi) is 4.25. The van der Waals surface area contributed by atoms with E-state index in [0.717, 1.165) is 6.42 Å². The Hall–Kier alpha value is -0.0400. The number of rotatable bonds is 4. The summed E-state index contributed by atoms with van der Waals surface area (Å²) < 4.78 is 0. The highest BCUT2D eigenvalue weighted by atomic mass is 16.3. The van der Waals surface area contributed by atoms with Crippen LogP contribution in [0.5, 0.6) is 0 Å². The van der Waals surface area contributed by atoms with E-state index in [-0.39, 0.29) is 0 Å². The lowest BCUT2D eigenvalue weighted by Gasteiger charge is -2.41. The molecule has 1 N–H and O–H groups in total. The molecule has 0 aromatic rings. The molecule has 0 fully saturated rings. The molecule has 0 amide bonds. The van der Waals surface area contributed by atoms with Gasteiger partial charge in [-0.05, 0) is 17.8 Å². The minimum absolute atomic E-state index is 0.340. The van der Waals surface area contributed by atoms with Crippen LogP contribution < -0.4 is 0 Å². The lowest BCUT2D eigenvalue weighted by molar-refractivity contribution is -0.0913. The normalized spacial score (nSPS) is 15.8. The van der Waals surface area contributed by atoms with Crippen LogP contribution in [0.1, 0.15) is 48.0 Å². The lowest BCUT2D eigenvalue weighted by Crippen LogP contribution is -2.46. The van der Waals surface area contributed by atoms with Crippen molar-refractivity contribution in [3.05, 3.63) is 0 Å². The molecule has 0 heterocycles. The van der Waals surface area contributed by atoms with Crippen molar-refractivity contribution in [1.29, 1.82) is 0 Å². The van der Waals surface area contributed by atoms with Crippen LogP contribution in [0, 0.1) is 17.8 Å². The van der Waals surface area contributed by atoms with E-state index in [2.05, 4.69) is 41.5 Å². The Bertz CT molecular complexity index is 119. The molecule has 0 saturated carbocycles. The molecule has 0 aromatic heterocycles. The van der Waals surface area contributed by atoms with Crippen molar-refractivity contribution in [3.8, 4) is 0 Å². The maximum absolute atomic E-state index is 10.4. The van der Waals surface area contributed by atoms with Crippen molar-refractivity contribution in [2.24, 2.45) is 17.8 Å². The van der Waals surface area contributed by atoms with Gasteiger partial charge in [-0.25, -0.2) is 0 Å². The largest absolute Gasteiger partial charge is 0.389 e. The fourth-order valence-electron chi connectivity index (χ4n) is 2.13. The summed E-state index contributed by atoms with van der Waals surface area (Å²) in [6.45, 7) is 12.7. The molecule has 0 radical (unpaired) electrons. The van der Waals surface area contributed by atoms with Gasteiger partial charge in [-0.3, -0.25) is 0 Å². The van der Waals surface area contributed by atoms with Gasteiger partial charge in [-0.2, -0.15) is 0 Å². The molecule has 0 aliphatic carbocycles. The zero-order valence-electron chi connectivity index (χ0n) is 9.39. The molecule has 1 atom stereocenters. The highest BCUT2D eigenvalue weighted by molar-refractivity contribution is 4.89. The van der Waals surface area contributed by atoms with E-state index in [1.165, 1.54) is 0 Å². The van der Waals surface area contributed by atoms with Crippen LogP contribution in [0.25, 0.3) is 0 Å². The molecule has 0 rings (SSSR count). The van der Waals surface area contributed by atoms with Crippen molar-refractivity contribution in [2.45, 2.75) is 53.6 Å². The fourth-order valence-corrected chi connectivity index (χ4v) is 2.13. The molecular weight excluding hydrogens is 148 g/mol. The monoisotopic (exact) mass is 172 g/mol. The minimum atomic E-state index is -0.491. The zero-order chi connectivity index (χ0) is 9.94. The Morgan fingerprint density at radius 1 is 1.00 bits per heavy atom. The molecule has 1 nitrogen and oxygen atoms in total. The van der Waals surface area contributed by atoms with Gasteiger partial charge >= 0.3 is 0 Å². The Balaban J connectivity index is 4.61. The first-order valence-corrected chi connectivity index (χ1v) is 5.09. The van der Waals surface area contributed by atoms with Crippen LogP contribution in [-0.2, 0) is 0 Å². The molecule has 0 aromatic carbocycles. The molecule has 0 spiro atoms. The highest BCUT2D eigenvalue weighted by Crippen LogP contribution is 2.35. The van der Waals surface area contributed by atoms with Crippen molar-refractivity contribution >= 4 is 0 Å². The first-order chi connectivity index (χ1) is 5.37. The first kappa shape index (κ1) is 12.0. The second-order valence-corrected chi connectivity index (χ2v) is 4.51. The van der Waals surface area contributed by atoms with E-state index < -0.39 is 5.60 Å². The van der Waals surface area contributed by atoms with Gasteiger partial charge in [0.05, 0.1) is 5.60 Å². The van der Waals surface area contributed by atoms with Crippen molar-refractivity contribution in [1.82, 2.24) is 0 Å². The van der Waals surface area contributed by atoms with E-state index in [4.69, 9.17) is 0 Å². The highest BCUT2D eigenvalue weighted by Gasteiger charge is 2.38. The summed E-state index contributed by atoms with van der Waals surface area (Å²) in [5.74, 6) is 1.07. The third-order valence-corrected chi connectivity index (χ3v) is 3.25. The maximum atomic E-state index is 10.4. The van der Waals surface area contributed by atoms with E-state index in [9.17, 15) is 5.11 Å². The Morgan fingerprint density at radius 2 is 1.33 bits per heavy atom. The first-order valence-electron chi connectivity index (χ1n) is 5.09. The SMILES string of the molecule is CC[C@H](C)C(O)(C(C)C)C(C)C. The molecule has 0 aliphatic rings. The average molecular weight is 172 g/mol. The van der Waals surface area contributed by atoms with Crippen molar-refractivity contribution in [2.75, 3.05) is 0 Å². The second-order valence-electron chi connectivity index (χ2n) is 4.51. The molecule has 12 heavy (non-hydrogen) atoms. The van der Waals surface area contributed by atoms with Crippen LogP contribution in [-0.4, -0.2) is 10.7 Å². The van der Waals surface area contributed by atoms with E-state index in [1.54, 1.807) is 0 Å². The summed E-state index contributed by atoms with van der Waals surface area (Å²) in [7, 11) is 0. The molecule has 74 valence electrons. The van der Waals surface area contributed by atoms with Gasteiger partial charge in [0.2, 0.25) is 0 Å². The van der Waals surface area contributed by atoms with E-state index >= 15 is 0 Å². The van der Waals surface area contributed by atoms with Gasteiger partial charge in [0.1, 0.15) is 0 Å². The van der Waals surface area contributed by atoms with Crippen LogP contribution in [0.15, 0.2) is 0 Å². The van der Waals surface area contributed by atoms with Gasteiger partial charge in [-0.15, -0.1) is 0 Å². The zero-order valence-corrected chi connectivity index (χ0v) is 9.39. The minimum Gasteiger partial charge on any atom is -0.389 e. The van der Waals surface area contributed by atoms with Crippen molar-refractivity contribution < 1.29 is 5.11 Å². The average Bonchev–Trinajstić information content (AvgIpc) is 2.00. The summed E-state index contributed by atoms with van der Waals surface area (Å²) >= 11 is 0. The Morgan fingerprint density at radius 3 is 1.42 bits per heavy atom.